The predicted molar refractivity (Wildman–Crippen MR) is 108 cm³/mol. The molecule has 0 aliphatic rings. The Kier molecular flexibility index (Phi) is 6.31. The highest BCUT2D eigenvalue weighted by atomic mass is 19.4. The lowest BCUT2D eigenvalue weighted by Crippen LogP contribution is -2.25. The smallest absolute Gasteiger partial charge is 0.418 e. The number of nitrogens with one attached hydrogen (secondary N) is 2. The maximum Gasteiger partial charge on any atom is 0.418 e. The Hall–Kier alpha value is -3.07. The molecule has 0 saturated carbocycles. The Labute approximate surface area is 170 Å². The van der Waals surface area contributed by atoms with Crippen molar-refractivity contribution in [3.8, 4) is 5.88 Å². The fraction of sp³-hybridized carbons (Fsp3) is 0.286. The summed E-state index contributed by atoms with van der Waals surface area (Å²) >= 11 is 0. The minimum atomic E-state index is -4.58. The van der Waals surface area contributed by atoms with E-state index in [9.17, 15) is 22.7 Å². The van der Waals surface area contributed by atoms with Gasteiger partial charge in [0.2, 0.25) is 0 Å². The van der Waals surface area contributed by atoms with E-state index in [1.165, 1.54) is 43.7 Å². The molecule has 2 aromatic carbocycles. The average Bonchev–Trinajstić information content (AvgIpc) is 2.99. The lowest BCUT2D eigenvalue weighted by atomic mass is 10.1. The molecule has 160 valence electrons. The van der Waals surface area contributed by atoms with Crippen molar-refractivity contribution in [1.82, 2.24) is 4.98 Å². The third-order valence-electron chi connectivity index (χ3n) is 4.65. The fourth-order valence-electron chi connectivity index (χ4n) is 3.10. The second kappa shape index (κ2) is 8.74. The van der Waals surface area contributed by atoms with E-state index in [-0.39, 0.29) is 35.5 Å². The van der Waals surface area contributed by atoms with Crippen LogP contribution in [0.5, 0.6) is 5.88 Å². The number of hydrogen-bond acceptors (Lipinski definition) is 4. The first-order chi connectivity index (χ1) is 14.2. The number of rotatable bonds is 7. The molecule has 0 fully saturated rings. The van der Waals surface area contributed by atoms with Crippen molar-refractivity contribution in [2.45, 2.75) is 25.6 Å². The van der Waals surface area contributed by atoms with Gasteiger partial charge in [-0.3, -0.25) is 4.99 Å². The first-order valence-corrected chi connectivity index (χ1v) is 9.24. The molecule has 0 bridgehead atoms. The van der Waals surface area contributed by atoms with Crippen LogP contribution in [0.25, 0.3) is 10.9 Å². The molecule has 1 unspecified atom stereocenters. The summed E-state index contributed by atoms with van der Waals surface area (Å²) in [5.41, 5.74) is -0.239. The zero-order valence-corrected chi connectivity index (χ0v) is 16.3. The molecular formula is C21H21F4N3O2. The van der Waals surface area contributed by atoms with E-state index < -0.39 is 17.6 Å². The third-order valence-corrected chi connectivity index (χ3v) is 4.65. The highest BCUT2D eigenvalue weighted by molar-refractivity contribution is 6.02. The number of anilines is 1. The van der Waals surface area contributed by atoms with E-state index in [4.69, 9.17) is 4.74 Å². The fourth-order valence-corrected chi connectivity index (χ4v) is 3.10. The Balaban J connectivity index is 1.95. The number of H-pyrrole nitrogens is 1. The summed E-state index contributed by atoms with van der Waals surface area (Å²) < 4.78 is 59.1. The van der Waals surface area contributed by atoms with Gasteiger partial charge in [-0.05, 0) is 42.8 Å². The number of hydrogen-bond donors (Lipinski definition) is 3. The van der Waals surface area contributed by atoms with E-state index in [0.29, 0.717) is 17.3 Å². The highest BCUT2D eigenvalue weighted by Crippen LogP contribution is 2.38. The van der Waals surface area contributed by atoms with Gasteiger partial charge < -0.3 is 20.1 Å². The molecule has 0 spiro atoms. The van der Waals surface area contributed by atoms with E-state index in [1.807, 2.05) is 6.92 Å². The van der Waals surface area contributed by atoms with Crippen molar-refractivity contribution >= 4 is 28.5 Å². The number of aromatic hydroxyl groups is 1. The molecule has 1 atom stereocenters. The molecular weight excluding hydrogens is 402 g/mol. The number of aromatic amines is 1. The van der Waals surface area contributed by atoms with Gasteiger partial charge in [0, 0.05) is 30.4 Å². The Bertz CT molecular complexity index is 1060. The molecule has 0 saturated heterocycles. The summed E-state index contributed by atoms with van der Waals surface area (Å²) in [6.45, 7) is 2.12. The summed E-state index contributed by atoms with van der Waals surface area (Å²) in [5.74, 6) is -0.733. The molecule has 0 aliphatic heterocycles. The first kappa shape index (κ1) is 21.6. The summed E-state index contributed by atoms with van der Waals surface area (Å²) in [4.78, 5) is 6.69. The molecule has 0 amide bonds. The number of ether oxygens (including phenoxy) is 1. The van der Waals surface area contributed by atoms with Crippen LogP contribution >= 0.6 is 0 Å². The number of methoxy groups -OCH3 is 1. The van der Waals surface area contributed by atoms with Crippen molar-refractivity contribution in [2.75, 3.05) is 19.0 Å². The SMILES string of the molecule is CCC(COC)Nc1ccc(N=Cc2c(O)[nH]c3cc(F)ccc23)cc1C(F)(F)F. The number of alkyl halides is 3. The number of nitrogens with zero attached hydrogens (tertiary/aromatic N) is 1. The lowest BCUT2D eigenvalue weighted by Gasteiger charge is -2.21. The summed E-state index contributed by atoms with van der Waals surface area (Å²) in [6.07, 6.45) is -2.75. The summed E-state index contributed by atoms with van der Waals surface area (Å²) in [5, 5.41) is 13.4. The van der Waals surface area contributed by atoms with Crippen LogP contribution < -0.4 is 5.32 Å². The molecule has 0 radical (unpaired) electrons. The largest absolute Gasteiger partial charge is 0.494 e. The molecule has 3 aromatic rings. The summed E-state index contributed by atoms with van der Waals surface area (Å²) in [7, 11) is 1.49. The minimum Gasteiger partial charge on any atom is -0.494 e. The van der Waals surface area contributed by atoms with Crippen LogP contribution in [0.15, 0.2) is 41.4 Å². The average molecular weight is 423 g/mol. The second-order valence-electron chi connectivity index (χ2n) is 6.77. The van der Waals surface area contributed by atoms with Gasteiger partial charge in [-0.2, -0.15) is 13.2 Å². The van der Waals surface area contributed by atoms with Gasteiger partial charge in [0.05, 0.1) is 28.9 Å². The molecule has 3 N–H and O–H groups in total. The van der Waals surface area contributed by atoms with Crippen molar-refractivity contribution < 1.29 is 27.4 Å². The van der Waals surface area contributed by atoms with Crippen LogP contribution in [0.4, 0.5) is 28.9 Å². The van der Waals surface area contributed by atoms with Crippen LogP contribution in [-0.4, -0.2) is 36.1 Å². The van der Waals surface area contributed by atoms with E-state index in [1.54, 1.807) is 0 Å². The van der Waals surface area contributed by atoms with Gasteiger partial charge in [-0.25, -0.2) is 4.39 Å². The molecule has 9 heteroatoms. The van der Waals surface area contributed by atoms with Gasteiger partial charge in [-0.15, -0.1) is 0 Å². The lowest BCUT2D eigenvalue weighted by molar-refractivity contribution is -0.136. The Morgan fingerprint density at radius 3 is 2.67 bits per heavy atom. The van der Waals surface area contributed by atoms with Crippen LogP contribution in [0.2, 0.25) is 0 Å². The second-order valence-corrected chi connectivity index (χ2v) is 6.77. The maximum atomic E-state index is 13.6. The Morgan fingerprint density at radius 1 is 1.23 bits per heavy atom. The van der Waals surface area contributed by atoms with Crippen LogP contribution in [-0.2, 0) is 10.9 Å². The molecule has 1 aromatic heterocycles. The standard InChI is InChI=1S/C21H21F4N3O2/c1-3-13(11-30-2)27-18-7-5-14(9-17(18)21(23,24)25)26-10-16-15-6-4-12(22)8-19(15)28-20(16)29/h4-10,13,27-29H,3,11H2,1-2H3. The zero-order chi connectivity index (χ0) is 21.9. The molecule has 3 rings (SSSR count). The van der Waals surface area contributed by atoms with Gasteiger partial charge in [-0.1, -0.05) is 6.92 Å². The molecule has 30 heavy (non-hydrogen) atoms. The van der Waals surface area contributed by atoms with E-state index >= 15 is 0 Å². The number of benzene rings is 2. The van der Waals surface area contributed by atoms with Crippen molar-refractivity contribution in [2.24, 2.45) is 4.99 Å². The van der Waals surface area contributed by atoms with E-state index in [0.717, 1.165) is 6.07 Å². The maximum absolute atomic E-state index is 13.6. The highest BCUT2D eigenvalue weighted by Gasteiger charge is 2.34. The molecule has 0 aliphatic carbocycles. The van der Waals surface area contributed by atoms with Crippen LogP contribution in [0.1, 0.15) is 24.5 Å². The number of aliphatic imine (C=N–C) groups is 1. The van der Waals surface area contributed by atoms with Crippen LogP contribution in [0, 0.1) is 5.82 Å². The van der Waals surface area contributed by atoms with Crippen molar-refractivity contribution in [3.05, 3.63) is 53.3 Å². The predicted octanol–water partition coefficient (Wildman–Crippen LogP) is 5.62. The first-order valence-electron chi connectivity index (χ1n) is 9.24. The molecule has 5 nitrogen and oxygen atoms in total. The van der Waals surface area contributed by atoms with Crippen molar-refractivity contribution in [3.63, 3.8) is 0 Å². The molecule has 1 heterocycles. The number of fused-ring (bicyclic) bond motifs is 1. The Morgan fingerprint density at radius 2 is 2.00 bits per heavy atom. The number of aromatic nitrogens is 1. The number of halogens is 4. The van der Waals surface area contributed by atoms with Gasteiger partial charge in [0.1, 0.15) is 5.82 Å². The quantitative estimate of drug-likeness (QED) is 0.341. The third kappa shape index (κ3) is 4.73. The summed E-state index contributed by atoms with van der Waals surface area (Å²) in [6, 6.07) is 7.31. The van der Waals surface area contributed by atoms with Crippen molar-refractivity contribution in [1.29, 1.82) is 0 Å². The van der Waals surface area contributed by atoms with Crippen LogP contribution in [0.3, 0.4) is 0 Å². The van der Waals surface area contributed by atoms with Gasteiger partial charge in [0.15, 0.2) is 5.88 Å². The zero-order valence-electron chi connectivity index (χ0n) is 16.3. The monoisotopic (exact) mass is 423 g/mol. The normalized spacial score (nSPS) is 13.3. The topological polar surface area (TPSA) is 69.6 Å². The van der Waals surface area contributed by atoms with E-state index in [2.05, 4.69) is 15.3 Å². The minimum absolute atomic E-state index is 0.0588. The van der Waals surface area contributed by atoms with Gasteiger partial charge >= 0.3 is 6.18 Å². The van der Waals surface area contributed by atoms with Gasteiger partial charge in [0.25, 0.3) is 0 Å².